The van der Waals surface area contributed by atoms with Gasteiger partial charge in [0.15, 0.2) is 5.78 Å². The van der Waals surface area contributed by atoms with E-state index in [2.05, 4.69) is 6.07 Å². The van der Waals surface area contributed by atoms with Gasteiger partial charge in [-0.3, -0.25) is 4.79 Å². The number of rotatable bonds is 4. The van der Waals surface area contributed by atoms with Crippen molar-refractivity contribution in [3.8, 4) is 16.2 Å². The SMILES string of the molecule is CC.COc1ccc(-c2sc3ccccc3c2C(=O)c2ccc(C)cc2)cc1. The summed E-state index contributed by atoms with van der Waals surface area (Å²) in [4.78, 5) is 14.3. The molecule has 4 rings (SSSR count). The molecule has 0 aliphatic heterocycles. The second-order valence-corrected chi connectivity index (χ2v) is 7.28. The van der Waals surface area contributed by atoms with E-state index < -0.39 is 0 Å². The fourth-order valence-electron chi connectivity index (χ4n) is 3.07. The van der Waals surface area contributed by atoms with Crippen molar-refractivity contribution in [2.75, 3.05) is 7.11 Å². The summed E-state index contributed by atoms with van der Waals surface area (Å²) in [6.07, 6.45) is 0. The summed E-state index contributed by atoms with van der Waals surface area (Å²) in [5.41, 5.74) is 3.67. The molecule has 0 spiro atoms. The molecule has 28 heavy (non-hydrogen) atoms. The van der Waals surface area contributed by atoms with Crippen molar-refractivity contribution in [1.82, 2.24) is 0 Å². The molecule has 2 nitrogen and oxygen atoms in total. The summed E-state index contributed by atoms with van der Waals surface area (Å²) in [5, 5.41) is 1.01. The van der Waals surface area contributed by atoms with Crippen molar-refractivity contribution in [2.24, 2.45) is 0 Å². The van der Waals surface area contributed by atoms with Crippen molar-refractivity contribution in [1.29, 1.82) is 0 Å². The molecule has 0 aliphatic carbocycles. The number of hydrogen-bond donors (Lipinski definition) is 0. The Morgan fingerprint density at radius 1 is 0.857 bits per heavy atom. The standard InChI is InChI=1S/C23H18O2S.C2H6/c1-15-7-9-16(10-8-15)22(24)21-19-5-3-4-6-20(19)26-23(21)17-11-13-18(25-2)14-12-17;1-2/h3-14H,1-2H3;1-2H3. The average molecular weight is 389 g/mol. The highest BCUT2D eigenvalue weighted by Crippen LogP contribution is 2.40. The molecule has 0 saturated heterocycles. The molecule has 0 N–H and O–H groups in total. The topological polar surface area (TPSA) is 26.3 Å². The first-order chi connectivity index (χ1) is 13.7. The van der Waals surface area contributed by atoms with E-state index in [1.165, 1.54) is 0 Å². The van der Waals surface area contributed by atoms with Crippen LogP contribution < -0.4 is 4.74 Å². The van der Waals surface area contributed by atoms with Crippen LogP contribution in [0.4, 0.5) is 0 Å². The third-order valence-corrected chi connectivity index (χ3v) is 5.71. The third kappa shape index (κ3) is 3.85. The minimum Gasteiger partial charge on any atom is -0.497 e. The Labute approximate surface area is 170 Å². The second-order valence-electron chi connectivity index (χ2n) is 6.23. The summed E-state index contributed by atoms with van der Waals surface area (Å²) in [6, 6.07) is 23.7. The van der Waals surface area contributed by atoms with Crippen LogP contribution in [0, 0.1) is 6.92 Å². The maximum atomic E-state index is 13.3. The Kier molecular flexibility index (Phi) is 6.27. The van der Waals surface area contributed by atoms with Crippen molar-refractivity contribution >= 4 is 27.2 Å². The van der Waals surface area contributed by atoms with E-state index in [-0.39, 0.29) is 5.78 Å². The zero-order chi connectivity index (χ0) is 20.1. The maximum Gasteiger partial charge on any atom is 0.195 e. The second kappa shape index (κ2) is 8.85. The molecule has 0 aliphatic rings. The van der Waals surface area contributed by atoms with Gasteiger partial charge in [0.25, 0.3) is 0 Å². The number of carbonyl (C=O) groups excluding carboxylic acids is 1. The molecule has 4 aromatic rings. The minimum absolute atomic E-state index is 0.0632. The van der Waals surface area contributed by atoms with Crippen LogP contribution in [0.2, 0.25) is 0 Å². The molecule has 0 fully saturated rings. The number of aryl methyl sites for hydroxylation is 1. The molecule has 142 valence electrons. The van der Waals surface area contributed by atoms with Crippen LogP contribution in [-0.4, -0.2) is 12.9 Å². The van der Waals surface area contributed by atoms with Crippen molar-refractivity contribution in [3.05, 3.63) is 89.5 Å². The predicted molar refractivity (Wildman–Crippen MR) is 120 cm³/mol. The van der Waals surface area contributed by atoms with Gasteiger partial charge in [0.05, 0.1) is 7.11 Å². The fourth-order valence-corrected chi connectivity index (χ4v) is 4.27. The monoisotopic (exact) mass is 388 g/mol. The summed E-state index contributed by atoms with van der Waals surface area (Å²) in [5.74, 6) is 0.870. The smallest absolute Gasteiger partial charge is 0.195 e. The Morgan fingerprint density at radius 2 is 1.50 bits per heavy atom. The number of ketones is 1. The summed E-state index contributed by atoms with van der Waals surface area (Å²) < 4.78 is 6.38. The normalized spacial score (nSPS) is 10.3. The highest BCUT2D eigenvalue weighted by atomic mass is 32.1. The van der Waals surface area contributed by atoms with E-state index in [4.69, 9.17) is 4.74 Å². The quantitative estimate of drug-likeness (QED) is 0.347. The molecule has 0 radical (unpaired) electrons. The minimum atomic E-state index is 0.0632. The summed E-state index contributed by atoms with van der Waals surface area (Å²) >= 11 is 1.65. The van der Waals surface area contributed by atoms with Crippen molar-refractivity contribution < 1.29 is 9.53 Å². The molecule has 0 bridgehead atoms. The molecule has 0 saturated carbocycles. The molecule has 3 heteroatoms. The van der Waals surface area contributed by atoms with Gasteiger partial charge >= 0.3 is 0 Å². The average Bonchev–Trinajstić information content (AvgIpc) is 3.15. The zero-order valence-electron chi connectivity index (χ0n) is 16.7. The van der Waals surface area contributed by atoms with Gasteiger partial charge in [-0.25, -0.2) is 0 Å². The van der Waals surface area contributed by atoms with Crippen LogP contribution in [-0.2, 0) is 0 Å². The Hall–Kier alpha value is -2.91. The number of benzene rings is 3. The first kappa shape index (κ1) is 19.8. The summed E-state index contributed by atoms with van der Waals surface area (Å²) in [6.45, 7) is 6.02. The fraction of sp³-hybridized carbons (Fsp3) is 0.160. The van der Waals surface area contributed by atoms with Gasteiger partial charge in [0, 0.05) is 26.1 Å². The molecule has 1 aromatic heterocycles. The lowest BCUT2D eigenvalue weighted by molar-refractivity contribution is 0.104. The van der Waals surface area contributed by atoms with Crippen LogP contribution in [0.1, 0.15) is 35.3 Å². The van der Waals surface area contributed by atoms with E-state index in [9.17, 15) is 4.79 Å². The Balaban J connectivity index is 0.00000109. The van der Waals surface area contributed by atoms with Gasteiger partial charge in [-0.15, -0.1) is 11.3 Å². The predicted octanol–water partition coefficient (Wildman–Crippen LogP) is 7.14. The lowest BCUT2D eigenvalue weighted by Gasteiger charge is -2.06. The van der Waals surface area contributed by atoms with E-state index in [1.54, 1.807) is 18.4 Å². The van der Waals surface area contributed by atoms with Crippen LogP contribution in [0.25, 0.3) is 20.5 Å². The van der Waals surface area contributed by atoms with Crippen LogP contribution >= 0.6 is 11.3 Å². The molecular weight excluding hydrogens is 364 g/mol. The van der Waals surface area contributed by atoms with Gasteiger partial charge in [0.1, 0.15) is 5.75 Å². The lowest BCUT2D eigenvalue weighted by Crippen LogP contribution is -2.02. The van der Waals surface area contributed by atoms with Gasteiger partial charge in [-0.2, -0.15) is 0 Å². The summed E-state index contributed by atoms with van der Waals surface area (Å²) in [7, 11) is 1.65. The third-order valence-electron chi connectivity index (χ3n) is 4.49. The Morgan fingerprint density at radius 3 is 2.14 bits per heavy atom. The van der Waals surface area contributed by atoms with Crippen LogP contribution in [0.5, 0.6) is 5.75 Å². The lowest BCUT2D eigenvalue weighted by atomic mass is 9.97. The number of methoxy groups -OCH3 is 1. The van der Waals surface area contributed by atoms with Crippen molar-refractivity contribution in [3.63, 3.8) is 0 Å². The molecule has 0 unspecified atom stereocenters. The number of ether oxygens (including phenoxy) is 1. The van der Waals surface area contributed by atoms with Gasteiger partial charge in [-0.05, 0) is 42.8 Å². The van der Waals surface area contributed by atoms with E-state index >= 15 is 0 Å². The van der Waals surface area contributed by atoms with E-state index in [0.29, 0.717) is 5.56 Å². The number of fused-ring (bicyclic) bond motifs is 1. The Bertz CT molecular complexity index is 1070. The van der Waals surface area contributed by atoms with Crippen molar-refractivity contribution in [2.45, 2.75) is 20.8 Å². The molecule has 3 aromatic carbocycles. The molecule has 0 atom stereocenters. The molecular formula is C25H24O2S. The van der Waals surface area contributed by atoms with Crippen LogP contribution in [0.15, 0.2) is 72.8 Å². The highest BCUT2D eigenvalue weighted by Gasteiger charge is 2.21. The number of carbonyl (C=O) groups is 1. The van der Waals surface area contributed by atoms with E-state index in [1.807, 2.05) is 87.5 Å². The first-order valence-corrected chi connectivity index (χ1v) is 10.3. The van der Waals surface area contributed by atoms with Crippen LogP contribution in [0.3, 0.4) is 0 Å². The van der Waals surface area contributed by atoms with Gasteiger partial charge < -0.3 is 4.74 Å². The zero-order valence-corrected chi connectivity index (χ0v) is 17.5. The van der Waals surface area contributed by atoms with Gasteiger partial charge in [-0.1, -0.05) is 61.9 Å². The first-order valence-electron chi connectivity index (χ1n) is 9.44. The number of thiophene rings is 1. The molecule has 1 heterocycles. The highest BCUT2D eigenvalue weighted by molar-refractivity contribution is 7.22. The maximum absolute atomic E-state index is 13.3. The number of hydrogen-bond acceptors (Lipinski definition) is 3. The van der Waals surface area contributed by atoms with E-state index in [0.717, 1.165) is 37.4 Å². The largest absolute Gasteiger partial charge is 0.497 e. The molecule has 0 amide bonds. The van der Waals surface area contributed by atoms with Gasteiger partial charge in [0.2, 0.25) is 0 Å².